The summed E-state index contributed by atoms with van der Waals surface area (Å²) in [7, 11) is 0. The number of halogens is 1. The molecule has 2 aliphatic rings. The summed E-state index contributed by atoms with van der Waals surface area (Å²) in [4.78, 5) is 2.07. The Morgan fingerprint density at radius 3 is 2.44 bits per heavy atom. The molecule has 0 aromatic heterocycles. The van der Waals surface area contributed by atoms with E-state index < -0.39 is 0 Å². The van der Waals surface area contributed by atoms with Gasteiger partial charge in [-0.05, 0) is 19.3 Å². The number of likely N-dealkylation sites (tertiary alicyclic amines) is 1. The summed E-state index contributed by atoms with van der Waals surface area (Å²) in [6.07, 6.45) is 3.36. The number of nitrogens with zero attached hydrogens (tertiary/aromatic N) is 5. The molecule has 0 aliphatic carbocycles. The fourth-order valence-electron chi connectivity index (χ4n) is 1.95. The molecule has 0 spiro atoms. The van der Waals surface area contributed by atoms with Crippen molar-refractivity contribution in [3.05, 3.63) is 11.1 Å². The lowest BCUT2D eigenvalue weighted by Gasteiger charge is -2.31. The smallest absolute Gasteiger partial charge is 0.152 e. The minimum atomic E-state index is -0.0339. The predicted octanol–water partition coefficient (Wildman–Crippen LogP) is 2.43. The van der Waals surface area contributed by atoms with Crippen LogP contribution in [0.25, 0.3) is 0 Å². The molecular formula is C11H10ClN5S. The van der Waals surface area contributed by atoms with E-state index in [-0.39, 0.29) is 10.7 Å². The third kappa shape index (κ3) is 2.50. The van der Waals surface area contributed by atoms with E-state index in [0.717, 1.165) is 38.1 Å². The van der Waals surface area contributed by atoms with E-state index >= 15 is 0 Å². The van der Waals surface area contributed by atoms with Crippen LogP contribution in [-0.4, -0.2) is 29.0 Å². The van der Waals surface area contributed by atoms with Crippen molar-refractivity contribution >= 4 is 34.7 Å². The summed E-state index contributed by atoms with van der Waals surface area (Å²) in [6, 6.07) is 3.71. The first kappa shape index (κ1) is 12.9. The number of hydrogen-bond acceptors (Lipinski definition) is 6. The van der Waals surface area contributed by atoms with Crippen LogP contribution in [0, 0.1) is 22.7 Å². The highest BCUT2D eigenvalue weighted by Gasteiger charge is 2.27. The van der Waals surface area contributed by atoms with E-state index in [1.54, 1.807) is 0 Å². The Morgan fingerprint density at radius 1 is 1.17 bits per heavy atom. The summed E-state index contributed by atoms with van der Waals surface area (Å²) >= 11 is 7.01. The first-order valence-corrected chi connectivity index (χ1v) is 6.66. The molecule has 5 nitrogen and oxygen atoms in total. The first-order chi connectivity index (χ1) is 8.77. The molecule has 1 fully saturated rings. The molecule has 0 amide bonds. The Balaban J connectivity index is 2.40. The molecule has 0 radical (unpaired) electrons. The highest BCUT2D eigenvalue weighted by Crippen LogP contribution is 2.26. The van der Waals surface area contributed by atoms with Gasteiger partial charge in [0.05, 0.1) is 5.57 Å². The molecule has 1 saturated heterocycles. The van der Waals surface area contributed by atoms with Crippen LogP contribution in [0.2, 0.25) is 0 Å². The maximum atomic E-state index is 8.99. The Hall–Kier alpha value is -1.50. The van der Waals surface area contributed by atoms with Gasteiger partial charge in [-0.1, -0.05) is 11.6 Å². The topological polar surface area (TPSA) is 75.5 Å². The lowest BCUT2D eigenvalue weighted by molar-refractivity contribution is 0.343. The number of allylic oxidation sites excluding steroid dienone is 1. The molecule has 0 saturated carbocycles. The van der Waals surface area contributed by atoms with Crippen molar-refractivity contribution in [1.82, 2.24) is 4.90 Å². The Bertz CT molecular complexity index is 501. The molecule has 0 aromatic rings. The average Bonchev–Trinajstić information content (AvgIpc) is 2.43. The molecule has 2 heterocycles. The Labute approximate surface area is 115 Å². The van der Waals surface area contributed by atoms with Crippen LogP contribution in [0.1, 0.15) is 19.3 Å². The second-order valence-corrected chi connectivity index (χ2v) is 4.79. The number of nitriles is 2. The second kappa shape index (κ2) is 5.90. The quantitative estimate of drug-likeness (QED) is 0.504. The maximum absolute atomic E-state index is 8.99. The number of hydrogen-bond donors (Lipinski definition) is 0. The molecular weight excluding hydrogens is 270 g/mol. The molecule has 0 aromatic carbocycles. The standard InChI is InChI=1S/C11H10ClN5S/c12-10-9(8(6-13)7-14)11(16-18-15-10)17-4-2-1-3-5-17/h1-5H2. The molecule has 0 bridgehead atoms. The van der Waals surface area contributed by atoms with Gasteiger partial charge in [0.2, 0.25) is 0 Å². The van der Waals surface area contributed by atoms with Gasteiger partial charge in [-0.3, -0.25) is 0 Å². The highest BCUT2D eigenvalue weighted by atomic mass is 35.5. The zero-order valence-corrected chi connectivity index (χ0v) is 11.1. The number of amidine groups is 1. The minimum Gasteiger partial charge on any atom is -0.355 e. The predicted molar refractivity (Wildman–Crippen MR) is 72.0 cm³/mol. The van der Waals surface area contributed by atoms with E-state index in [1.807, 2.05) is 12.1 Å². The van der Waals surface area contributed by atoms with Crippen molar-refractivity contribution in [1.29, 1.82) is 10.5 Å². The normalized spacial score (nSPS) is 19.5. The van der Waals surface area contributed by atoms with Gasteiger partial charge >= 0.3 is 0 Å². The van der Waals surface area contributed by atoms with E-state index in [0.29, 0.717) is 11.4 Å². The molecule has 0 unspecified atom stereocenters. The number of rotatable bonds is 0. The molecule has 92 valence electrons. The van der Waals surface area contributed by atoms with Crippen molar-refractivity contribution in [3.8, 4) is 12.1 Å². The zero-order chi connectivity index (χ0) is 13.0. The first-order valence-electron chi connectivity index (χ1n) is 5.55. The van der Waals surface area contributed by atoms with Gasteiger partial charge in [0.1, 0.15) is 29.8 Å². The van der Waals surface area contributed by atoms with E-state index in [1.165, 1.54) is 6.42 Å². The summed E-state index contributed by atoms with van der Waals surface area (Å²) in [6.45, 7) is 1.74. The molecule has 2 rings (SSSR count). The van der Waals surface area contributed by atoms with Crippen LogP contribution in [0.3, 0.4) is 0 Å². The second-order valence-electron chi connectivity index (χ2n) is 3.90. The van der Waals surface area contributed by atoms with Gasteiger partial charge in [-0.25, -0.2) is 0 Å². The van der Waals surface area contributed by atoms with Crippen LogP contribution in [-0.2, 0) is 0 Å². The molecule has 18 heavy (non-hydrogen) atoms. The van der Waals surface area contributed by atoms with E-state index in [9.17, 15) is 0 Å². The Morgan fingerprint density at radius 2 is 1.83 bits per heavy atom. The maximum Gasteiger partial charge on any atom is 0.152 e. The SMILES string of the molecule is N#CC(C#N)=C1C(Cl)=NSN=C1N1CCCCC1. The lowest BCUT2D eigenvalue weighted by Crippen LogP contribution is -2.38. The fraction of sp³-hybridized carbons (Fsp3) is 0.455. The van der Waals surface area contributed by atoms with Crippen LogP contribution in [0.5, 0.6) is 0 Å². The van der Waals surface area contributed by atoms with Crippen molar-refractivity contribution < 1.29 is 0 Å². The van der Waals surface area contributed by atoms with Gasteiger partial charge in [0, 0.05) is 13.1 Å². The Kier molecular flexibility index (Phi) is 4.24. The monoisotopic (exact) mass is 279 g/mol. The average molecular weight is 280 g/mol. The van der Waals surface area contributed by atoms with E-state index in [4.69, 9.17) is 22.1 Å². The number of piperidine rings is 1. The van der Waals surface area contributed by atoms with Gasteiger partial charge in [0.25, 0.3) is 0 Å². The molecule has 7 heteroatoms. The fourth-order valence-corrected chi connectivity index (χ4v) is 2.71. The summed E-state index contributed by atoms with van der Waals surface area (Å²) in [5, 5.41) is 18.2. The van der Waals surface area contributed by atoms with Crippen molar-refractivity contribution in [2.24, 2.45) is 8.80 Å². The zero-order valence-electron chi connectivity index (χ0n) is 9.56. The van der Waals surface area contributed by atoms with Crippen LogP contribution in [0.4, 0.5) is 0 Å². The lowest BCUT2D eigenvalue weighted by atomic mass is 10.1. The van der Waals surface area contributed by atoms with Crippen molar-refractivity contribution in [2.75, 3.05) is 13.1 Å². The summed E-state index contributed by atoms with van der Waals surface area (Å²) in [5.41, 5.74) is 0.329. The van der Waals surface area contributed by atoms with Crippen LogP contribution in [0.15, 0.2) is 19.9 Å². The van der Waals surface area contributed by atoms with Crippen molar-refractivity contribution in [2.45, 2.75) is 19.3 Å². The largest absolute Gasteiger partial charge is 0.355 e. The highest BCUT2D eigenvalue weighted by molar-refractivity contribution is 7.97. The third-order valence-electron chi connectivity index (χ3n) is 2.81. The van der Waals surface area contributed by atoms with Gasteiger partial charge < -0.3 is 4.90 Å². The molecule has 2 aliphatic heterocycles. The molecule has 0 atom stereocenters. The third-order valence-corrected chi connectivity index (χ3v) is 3.70. The van der Waals surface area contributed by atoms with Gasteiger partial charge in [-0.2, -0.15) is 19.3 Å². The van der Waals surface area contributed by atoms with Gasteiger partial charge in [0.15, 0.2) is 11.0 Å². The van der Waals surface area contributed by atoms with Crippen LogP contribution >= 0.6 is 23.7 Å². The molecule has 0 N–H and O–H groups in total. The summed E-state index contributed by atoms with van der Waals surface area (Å²) in [5.74, 6) is 0.609. The van der Waals surface area contributed by atoms with E-state index in [2.05, 4.69) is 13.7 Å². The van der Waals surface area contributed by atoms with Gasteiger partial charge in [-0.15, -0.1) is 0 Å². The summed E-state index contributed by atoms with van der Waals surface area (Å²) < 4.78 is 8.13. The minimum absolute atomic E-state index is 0.0339. The van der Waals surface area contributed by atoms with Crippen LogP contribution < -0.4 is 0 Å². The van der Waals surface area contributed by atoms with Crippen molar-refractivity contribution in [3.63, 3.8) is 0 Å².